The molecule has 0 aromatic carbocycles. The quantitative estimate of drug-likeness (QED) is 0.765. The van der Waals surface area contributed by atoms with Crippen LogP contribution in [0.25, 0.3) is 0 Å². The van der Waals surface area contributed by atoms with E-state index in [-0.39, 0.29) is 17.6 Å². The molecule has 0 aliphatic carbocycles. The molecular formula is C14H16N2O3S. The molecule has 0 saturated heterocycles. The van der Waals surface area contributed by atoms with Crippen molar-refractivity contribution in [2.75, 3.05) is 13.1 Å². The highest BCUT2D eigenvalue weighted by atomic mass is 32.1. The molecule has 0 aliphatic rings. The maximum atomic E-state index is 11.6. The zero-order chi connectivity index (χ0) is 14.2. The van der Waals surface area contributed by atoms with Gasteiger partial charge in [-0.15, -0.1) is 11.3 Å². The van der Waals surface area contributed by atoms with Crippen molar-refractivity contribution in [3.63, 3.8) is 0 Å². The molecular weight excluding hydrogens is 276 g/mol. The van der Waals surface area contributed by atoms with Crippen LogP contribution in [0, 0.1) is 0 Å². The summed E-state index contributed by atoms with van der Waals surface area (Å²) in [5.41, 5.74) is 0. The number of amides is 2. The molecule has 2 amide bonds. The van der Waals surface area contributed by atoms with Gasteiger partial charge in [-0.25, -0.2) is 0 Å². The van der Waals surface area contributed by atoms with Gasteiger partial charge in [0.25, 0.3) is 5.91 Å². The van der Waals surface area contributed by atoms with Crippen LogP contribution in [0.1, 0.15) is 21.9 Å². The van der Waals surface area contributed by atoms with Crippen molar-refractivity contribution in [1.82, 2.24) is 10.6 Å². The number of carbonyl (C=O) groups is 2. The molecule has 5 nitrogen and oxygen atoms in total. The van der Waals surface area contributed by atoms with E-state index in [0.717, 1.165) is 6.42 Å². The predicted octanol–water partition coefficient (Wildman–Crippen LogP) is 1.82. The second kappa shape index (κ2) is 7.49. The zero-order valence-electron chi connectivity index (χ0n) is 10.9. The van der Waals surface area contributed by atoms with E-state index in [9.17, 15) is 9.59 Å². The van der Waals surface area contributed by atoms with Crippen LogP contribution in [-0.4, -0.2) is 24.9 Å². The first-order valence-electron chi connectivity index (χ1n) is 6.36. The van der Waals surface area contributed by atoms with E-state index in [0.29, 0.717) is 19.5 Å². The molecule has 0 atom stereocenters. The number of thiophene rings is 1. The monoisotopic (exact) mass is 292 g/mol. The van der Waals surface area contributed by atoms with Crippen molar-refractivity contribution in [3.8, 4) is 0 Å². The van der Waals surface area contributed by atoms with Gasteiger partial charge in [-0.3, -0.25) is 9.59 Å². The fraction of sp³-hybridized carbons (Fsp3) is 0.286. The van der Waals surface area contributed by atoms with Gasteiger partial charge in [-0.2, -0.15) is 0 Å². The molecule has 106 valence electrons. The Balaban J connectivity index is 1.56. The van der Waals surface area contributed by atoms with Crippen molar-refractivity contribution in [1.29, 1.82) is 0 Å². The number of hydrogen-bond acceptors (Lipinski definition) is 4. The largest absolute Gasteiger partial charge is 0.459 e. The summed E-state index contributed by atoms with van der Waals surface area (Å²) in [6.45, 7) is 0.792. The van der Waals surface area contributed by atoms with Crippen LogP contribution >= 0.6 is 11.3 Å². The minimum absolute atomic E-state index is 0.00866. The van der Waals surface area contributed by atoms with Crippen LogP contribution in [0.5, 0.6) is 0 Å². The average molecular weight is 292 g/mol. The maximum Gasteiger partial charge on any atom is 0.287 e. The molecule has 0 spiro atoms. The Labute approximate surface area is 121 Å². The van der Waals surface area contributed by atoms with Gasteiger partial charge in [-0.1, -0.05) is 6.07 Å². The SMILES string of the molecule is O=C(CCc1cccs1)NCCNC(=O)c1ccco1. The lowest BCUT2D eigenvalue weighted by Crippen LogP contribution is -2.34. The number of rotatable bonds is 7. The van der Waals surface area contributed by atoms with Crippen LogP contribution < -0.4 is 10.6 Å². The molecule has 2 rings (SSSR count). The van der Waals surface area contributed by atoms with Crippen molar-refractivity contribution in [2.24, 2.45) is 0 Å². The smallest absolute Gasteiger partial charge is 0.287 e. The Morgan fingerprint density at radius 3 is 2.70 bits per heavy atom. The Kier molecular flexibility index (Phi) is 5.37. The number of nitrogens with one attached hydrogen (secondary N) is 2. The first kappa shape index (κ1) is 14.3. The predicted molar refractivity (Wildman–Crippen MR) is 76.7 cm³/mol. The van der Waals surface area contributed by atoms with Crippen molar-refractivity contribution in [2.45, 2.75) is 12.8 Å². The molecule has 2 heterocycles. The summed E-state index contributed by atoms with van der Waals surface area (Å²) in [6.07, 6.45) is 2.66. The normalized spacial score (nSPS) is 10.2. The second-order valence-electron chi connectivity index (χ2n) is 4.16. The van der Waals surface area contributed by atoms with E-state index < -0.39 is 0 Å². The molecule has 2 aromatic heterocycles. The lowest BCUT2D eigenvalue weighted by molar-refractivity contribution is -0.121. The fourth-order valence-corrected chi connectivity index (χ4v) is 2.36. The molecule has 0 fully saturated rings. The van der Waals surface area contributed by atoms with Crippen LogP contribution in [0.4, 0.5) is 0 Å². The minimum Gasteiger partial charge on any atom is -0.459 e. The highest BCUT2D eigenvalue weighted by Gasteiger charge is 2.07. The van der Waals surface area contributed by atoms with Crippen LogP contribution in [0.15, 0.2) is 40.3 Å². The fourth-order valence-electron chi connectivity index (χ4n) is 1.65. The van der Waals surface area contributed by atoms with Gasteiger partial charge in [0, 0.05) is 24.4 Å². The van der Waals surface area contributed by atoms with Gasteiger partial charge in [0.05, 0.1) is 6.26 Å². The number of carbonyl (C=O) groups excluding carboxylic acids is 2. The third-order valence-electron chi connectivity index (χ3n) is 2.66. The lowest BCUT2D eigenvalue weighted by atomic mass is 10.2. The zero-order valence-corrected chi connectivity index (χ0v) is 11.7. The van der Waals surface area contributed by atoms with Crippen molar-refractivity contribution >= 4 is 23.2 Å². The van der Waals surface area contributed by atoms with E-state index in [4.69, 9.17) is 4.42 Å². The average Bonchev–Trinajstić information content (AvgIpc) is 3.13. The molecule has 0 aliphatic heterocycles. The lowest BCUT2D eigenvalue weighted by Gasteiger charge is -2.05. The first-order chi connectivity index (χ1) is 9.75. The van der Waals surface area contributed by atoms with Gasteiger partial charge in [0.1, 0.15) is 0 Å². The molecule has 0 bridgehead atoms. The Morgan fingerprint density at radius 2 is 2.00 bits per heavy atom. The van der Waals surface area contributed by atoms with Crippen molar-refractivity contribution in [3.05, 3.63) is 46.5 Å². The second-order valence-corrected chi connectivity index (χ2v) is 5.19. The van der Waals surface area contributed by atoms with Gasteiger partial charge in [-0.05, 0) is 30.0 Å². The van der Waals surface area contributed by atoms with Gasteiger partial charge < -0.3 is 15.1 Å². The van der Waals surface area contributed by atoms with E-state index in [1.165, 1.54) is 11.1 Å². The third-order valence-corrected chi connectivity index (χ3v) is 3.59. The standard InChI is InChI=1S/C14H16N2O3S/c17-13(6-5-11-3-2-10-20-11)15-7-8-16-14(18)12-4-1-9-19-12/h1-4,9-10H,5-8H2,(H,15,17)(H,16,18). The Bertz CT molecular complexity index is 535. The summed E-state index contributed by atoms with van der Waals surface area (Å²) in [6, 6.07) is 7.24. The molecule has 20 heavy (non-hydrogen) atoms. The topological polar surface area (TPSA) is 71.3 Å². The minimum atomic E-state index is -0.275. The summed E-state index contributed by atoms with van der Waals surface area (Å²) < 4.78 is 4.96. The highest BCUT2D eigenvalue weighted by molar-refractivity contribution is 7.09. The third kappa shape index (κ3) is 4.55. The summed E-state index contributed by atoms with van der Waals surface area (Å²) in [7, 11) is 0. The maximum absolute atomic E-state index is 11.6. The number of hydrogen-bond donors (Lipinski definition) is 2. The van der Waals surface area contributed by atoms with E-state index in [2.05, 4.69) is 10.6 Å². The van der Waals surface area contributed by atoms with Crippen LogP contribution in [-0.2, 0) is 11.2 Å². The van der Waals surface area contributed by atoms with E-state index in [1.54, 1.807) is 23.5 Å². The van der Waals surface area contributed by atoms with Gasteiger partial charge in [0.2, 0.25) is 5.91 Å². The molecule has 0 saturated carbocycles. The molecule has 0 unspecified atom stereocenters. The highest BCUT2D eigenvalue weighted by Crippen LogP contribution is 2.10. The van der Waals surface area contributed by atoms with E-state index >= 15 is 0 Å². The Hall–Kier alpha value is -2.08. The summed E-state index contributed by atoms with van der Waals surface area (Å²) in [4.78, 5) is 24.3. The summed E-state index contributed by atoms with van der Waals surface area (Å²) >= 11 is 1.65. The Morgan fingerprint density at radius 1 is 1.15 bits per heavy atom. The summed E-state index contributed by atoms with van der Waals surface area (Å²) in [5, 5.41) is 7.43. The van der Waals surface area contributed by atoms with Crippen LogP contribution in [0.2, 0.25) is 0 Å². The molecule has 2 aromatic rings. The van der Waals surface area contributed by atoms with Gasteiger partial charge in [0.15, 0.2) is 5.76 Å². The van der Waals surface area contributed by atoms with Crippen LogP contribution in [0.3, 0.4) is 0 Å². The number of aryl methyl sites for hydroxylation is 1. The first-order valence-corrected chi connectivity index (χ1v) is 7.24. The van der Waals surface area contributed by atoms with Crippen molar-refractivity contribution < 1.29 is 14.0 Å². The van der Waals surface area contributed by atoms with E-state index in [1.807, 2.05) is 17.5 Å². The molecule has 2 N–H and O–H groups in total. The summed E-state index contributed by atoms with van der Waals surface area (Å²) in [5.74, 6) is -0.0116. The molecule has 6 heteroatoms. The number of furan rings is 1. The van der Waals surface area contributed by atoms with Gasteiger partial charge >= 0.3 is 0 Å². The molecule has 0 radical (unpaired) electrons.